The molecule has 0 unspecified atom stereocenters. The van der Waals surface area contributed by atoms with Crippen molar-refractivity contribution in [2.45, 2.75) is 57.8 Å². The molecule has 1 spiro atoms. The zero-order valence-corrected chi connectivity index (χ0v) is 15.6. The van der Waals surface area contributed by atoms with Gasteiger partial charge in [-0.3, -0.25) is 9.69 Å². The van der Waals surface area contributed by atoms with Crippen molar-refractivity contribution in [2.75, 3.05) is 19.7 Å². The third-order valence-corrected chi connectivity index (χ3v) is 6.67. The smallest absolute Gasteiger partial charge is 0.225 e. The number of amides is 1. The molecule has 3 fully saturated rings. The Bertz CT molecular complexity index is 632. The van der Waals surface area contributed by atoms with Crippen molar-refractivity contribution in [1.82, 2.24) is 9.80 Å². The summed E-state index contributed by atoms with van der Waals surface area (Å²) >= 11 is 0. The number of nitrogens with zero attached hydrogens (tertiary/aromatic N) is 2. The molecule has 4 heteroatoms. The SMILES string of the molecule is CC(C)[C@H]1CO[C@]23CCN([C@H](C)c4ccccc4)C[C@H]2CCC(=O)N13. The average Bonchev–Trinajstić information content (AvgIpc) is 3.02. The Morgan fingerprint density at radius 3 is 2.68 bits per heavy atom. The first-order chi connectivity index (χ1) is 12.0. The normalized spacial score (nSPS) is 34.1. The summed E-state index contributed by atoms with van der Waals surface area (Å²) in [5.41, 5.74) is 1.03. The second-order valence-electron chi connectivity index (χ2n) is 8.30. The summed E-state index contributed by atoms with van der Waals surface area (Å²) < 4.78 is 6.40. The third kappa shape index (κ3) is 2.70. The van der Waals surface area contributed by atoms with Crippen molar-refractivity contribution in [2.24, 2.45) is 11.8 Å². The Hall–Kier alpha value is -1.39. The number of rotatable bonds is 3. The van der Waals surface area contributed by atoms with Crippen molar-refractivity contribution in [3.63, 3.8) is 0 Å². The zero-order valence-electron chi connectivity index (χ0n) is 15.6. The van der Waals surface area contributed by atoms with Gasteiger partial charge in [-0.15, -0.1) is 0 Å². The summed E-state index contributed by atoms with van der Waals surface area (Å²) in [6.07, 6.45) is 2.56. The maximum absolute atomic E-state index is 12.7. The van der Waals surface area contributed by atoms with Crippen LogP contribution in [0, 0.1) is 11.8 Å². The fourth-order valence-corrected chi connectivity index (χ4v) is 5.10. The molecule has 1 aromatic rings. The molecule has 1 aromatic carbocycles. The van der Waals surface area contributed by atoms with E-state index < -0.39 is 0 Å². The van der Waals surface area contributed by atoms with Crippen LogP contribution in [0.4, 0.5) is 0 Å². The summed E-state index contributed by atoms with van der Waals surface area (Å²) in [7, 11) is 0. The Kier molecular flexibility index (Phi) is 4.37. The number of hydrogen-bond acceptors (Lipinski definition) is 3. The number of hydrogen-bond donors (Lipinski definition) is 0. The molecular weight excluding hydrogens is 312 g/mol. The lowest BCUT2D eigenvalue weighted by Gasteiger charge is -2.54. The van der Waals surface area contributed by atoms with Gasteiger partial charge < -0.3 is 9.64 Å². The third-order valence-electron chi connectivity index (χ3n) is 6.67. The maximum Gasteiger partial charge on any atom is 0.225 e. The first-order valence-electron chi connectivity index (χ1n) is 9.78. The van der Waals surface area contributed by atoms with Gasteiger partial charge in [-0.05, 0) is 24.8 Å². The first kappa shape index (κ1) is 17.0. The Labute approximate surface area is 151 Å². The van der Waals surface area contributed by atoms with Crippen LogP contribution < -0.4 is 0 Å². The minimum absolute atomic E-state index is 0.244. The molecule has 136 valence electrons. The molecule has 3 aliphatic rings. The van der Waals surface area contributed by atoms with Crippen LogP contribution in [-0.2, 0) is 9.53 Å². The van der Waals surface area contributed by atoms with E-state index in [4.69, 9.17) is 4.74 Å². The molecule has 0 bridgehead atoms. The number of ether oxygens (including phenoxy) is 1. The van der Waals surface area contributed by atoms with Gasteiger partial charge in [0.15, 0.2) is 0 Å². The lowest BCUT2D eigenvalue weighted by molar-refractivity contribution is -0.194. The second kappa shape index (κ2) is 6.40. The molecule has 4 atom stereocenters. The summed E-state index contributed by atoms with van der Waals surface area (Å²) in [6.45, 7) is 9.42. The molecule has 0 N–H and O–H groups in total. The second-order valence-corrected chi connectivity index (χ2v) is 8.30. The van der Waals surface area contributed by atoms with E-state index >= 15 is 0 Å². The van der Waals surface area contributed by atoms with Gasteiger partial charge >= 0.3 is 0 Å². The van der Waals surface area contributed by atoms with Crippen molar-refractivity contribution < 1.29 is 9.53 Å². The van der Waals surface area contributed by atoms with Crippen LogP contribution >= 0.6 is 0 Å². The highest BCUT2D eigenvalue weighted by molar-refractivity contribution is 5.78. The van der Waals surface area contributed by atoms with E-state index in [1.165, 1.54) is 5.56 Å². The molecule has 4 nitrogen and oxygen atoms in total. The van der Waals surface area contributed by atoms with E-state index in [9.17, 15) is 4.79 Å². The van der Waals surface area contributed by atoms with E-state index in [1.807, 2.05) is 0 Å². The summed E-state index contributed by atoms with van der Waals surface area (Å²) in [5.74, 6) is 1.18. The molecule has 0 aliphatic carbocycles. The zero-order chi connectivity index (χ0) is 17.6. The minimum Gasteiger partial charge on any atom is -0.353 e. The first-order valence-corrected chi connectivity index (χ1v) is 9.78. The van der Waals surface area contributed by atoms with Gasteiger partial charge in [-0.1, -0.05) is 44.2 Å². The van der Waals surface area contributed by atoms with E-state index in [0.29, 0.717) is 36.8 Å². The molecular formula is C21H30N2O2. The molecule has 4 rings (SSSR count). The molecule has 0 saturated carbocycles. The number of likely N-dealkylation sites (tertiary alicyclic amines) is 1. The van der Waals surface area contributed by atoms with E-state index in [-0.39, 0.29) is 11.8 Å². The Morgan fingerprint density at radius 2 is 1.96 bits per heavy atom. The van der Waals surface area contributed by atoms with Crippen molar-refractivity contribution >= 4 is 5.91 Å². The molecule has 3 saturated heterocycles. The number of carbonyl (C=O) groups excluding carboxylic acids is 1. The van der Waals surface area contributed by atoms with Gasteiger partial charge in [0.1, 0.15) is 5.72 Å². The highest BCUT2D eigenvalue weighted by atomic mass is 16.5. The van der Waals surface area contributed by atoms with Gasteiger partial charge in [0.2, 0.25) is 5.91 Å². The van der Waals surface area contributed by atoms with Crippen LogP contribution in [0.1, 0.15) is 51.6 Å². The van der Waals surface area contributed by atoms with Gasteiger partial charge in [0, 0.05) is 37.9 Å². The lowest BCUT2D eigenvalue weighted by Crippen LogP contribution is -2.65. The molecule has 0 radical (unpaired) electrons. The Morgan fingerprint density at radius 1 is 1.20 bits per heavy atom. The monoisotopic (exact) mass is 342 g/mol. The molecule has 1 amide bonds. The quantitative estimate of drug-likeness (QED) is 0.843. The largest absolute Gasteiger partial charge is 0.353 e. The summed E-state index contributed by atoms with van der Waals surface area (Å²) in [4.78, 5) is 17.4. The van der Waals surface area contributed by atoms with Gasteiger partial charge in [0.25, 0.3) is 0 Å². The van der Waals surface area contributed by atoms with Crippen LogP contribution in [0.5, 0.6) is 0 Å². The molecule has 0 aromatic heterocycles. The lowest BCUT2D eigenvalue weighted by atomic mass is 9.78. The molecule has 3 heterocycles. The minimum atomic E-state index is -0.336. The van der Waals surface area contributed by atoms with Crippen LogP contribution in [-0.4, -0.2) is 47.2 Å². The van der Waals surface area contributed by atoms with Gasteiger partial charge in [0.05, 0.1) is 12.6 Å². The van der Waals surface area contributed by atoms with Crippen molar-refractivity contribution in [3.8, 4) is 0 Å². The maximum atomic E-state index is 12.7. The topological polar surface area (TPSA) is 32.8 Å². The number of carbonyl (C=O) groups is 1. The van der Waals surface area contributed by atoms with E-state index in [0.717, 1.165) is 25.9 Å². The predicted octanol–water partition coefficient (Wildman–Crippen LogP) is 3.44. The van der Waals surface area contributed by atoms with Crippen molar-refractivity contribution in [1.29, 1.82) is 0 Å². The van der Waals surface area contributed by atoms with Crippen LogP contribution in [0.15, 0.2) is 30.3 Å². The standard InChI is InChI=1S/C21H30N2O2/c1-15(2)19-14-25-21-11-12-22(16(3)17-7-5-4-6-8-17)13-18(21)9-10-20(24)23(19)21/h4-8,15-16,18-19H,9-14H2,1-3H3/t16-,18-,19-,21-/m1/s1. The summed E-state index contributed by atoms with van der Waals surface area (Å²) in [6, 6.07) is 11.4. The highest BCUT2D eigenvalue weighted by Gasteiger charge is 2.59. The molecule has 25 heavy (non-hydrogen) atoms. The fourth-order valence-electron chi connectivity index (χ4n) is 5.10. The summed E-state index contributed by atoms with van der Waals surface area (Å²) in [5, 5.41) is 0. The van der Waals surface area contributed by atoms with Crippen LogP contribution in [0.2, 0.25) is 0 Å². The van der Waals surface area contributed by atoms with E-state index in [1.54, 1.807) is 0 Å². The highest BCUT2D eigenvalue weighted by Crippen LogP contribution is 2.48. The van der Waals surface area contributed by atoms with E-state index in [2.05, 4.69) is 60.9 Å². The average molecular weight is 342 g/mol. The van der Waals surface area contributed by atoms with Crippen LogP contribution in [0.3, 0.4) is 0 Å². The Balaban J connectivity index is 1.56. The van der Waals surface area contributed by atoms with Gasteiger partial charge in [-0.2, -0.15) is 0 Å². The fraction of sp³-hybridized carbons (Fsp3) is 0.667. The van der Waals surface area contributed by atoms with Gasteiger partial charge in [-0.25, -0.2) is 0 Å². The van der Waals surface area contributed by atoms with Crippen LogP contribution in [0.25, 0.3) is 0 Å². The predicted molar refractivity (Wildman–Crippen MR) is 97.9 cm³/mol. The molecule has 3 aliphatic heterocycles. The number of benzene rings is 1. The number of piperidine rings is 2. The van der Waals surface area contributed by atoms with Crippen molar-refractivity contribution in [3.05, 3.63) is 35.9 Å².